The van der Waals surface area contributed by atoms with Crippen molar-refractivity contribution in [1.29, 1.82) is 0 Å². The van der Waals surface area contributed by atoms with Gasteiger partial charge < -0.3 is 67.0 Å². The number of nitrogens with zero attached hydrogens (tertiary/aromatic N) is 2. The van der Waals surface area contributed by atoms with E-state index in [-0.39, 0.29) is 25.4 Å². The molecule has 1 aliphatic heterocycles. The number of likely N-dealkylation sites (tertiary alicyclic amines) is 1. The highest BCUT2D eigenvalue weighted by atomic mass is 16.4. The molecule has 1 fully saturated rings. The number of rotatable bonds is 24. The number of unbranched alkanes of at least 4 members (excludes halogenated alkanes) is 1. The first kappa shape index (κ1) is 45.3. The summed E-state index contributed by atoms with van der Waals surface area (Å²) in [4.78, 5) is 29.4. The average molecular weight is 765 g/mol. The van der Waals surface area contributed by atoms with Gasteiger partial charge in [0.05, 0.1) is 25.4 Å². The predicted octanol–water partition coefficient (Wildman–Crippen LogP) is -3.15. The Bertz CT molecular complexity index is 1360. The molecule has 2 amide bonds. The maximum Gasteiger partial charge on any atom is 0.242 e. The van der Waals surface area contributed by atoms with Crippen LogP contribution in [0.4, 0.5) is 0 Å². The van der Waals surface area contributed by atoms with Crippen molar-refractivity contribution in [1.82, 2.24) is 15.1 Å². The van der Waals surface area contributed by atoms with Gasteiger partial charge in [-0.05, 0) is 67.3 Å². The number of carbonyl (C=O) groups excluding carboxylic acids is 2. The zero-order valence-corrected chi connectivity index (χ0v) is 30.7. The molecule has 0 spiro atoms. The summed E-state index contributed by atoms with van der Waals surface area (Å²) in [5, 5.41) is 102. The zero-order chi connectivity index (χ0) is 39.8. The molecule has 304 valence electrons. The average Bonchev–Trinajstić information content (AvgIpc) is 3.69. The molecule has 2 aromatic carbocycles. The molecule has 13 N–H and O–H groups in total. The van der Waals surface area contributed by atoms with E-state index in [0.29, 0.717) is 32.4 Å². The second-order valence-corrected chi connectivity index (χ2v) is 14.0. The lowest BCUT2D eigenvalue weighted by Gasteiger charge is -2.33. The first-order valence-corrected chi connectivity index (χ1v) is 18.6. The molecule has 3 rings (SSSR count). The summed E-state index contributed by atoms with van der Waals surface area (Å²) >= 11 is 0. The summed E-state index contributed by atoms with van der Waals surface area (Å²) < 4.78 is 0. The van der Waals surface area contributed by atoms with Crippen molar-refractivity contribution >= 4 is 11.8 Å². The molecule has 0 bridgehead atoms. The van der Waals surface area contributed by atoms with Crippen LogP contribution in [0, 0.1) is 0 Å². The van der Waals surface area contributed by atoms with Gasteiger partial charge in [-0.15, -0.1) is 0 Å². The maximum absolute atomic E-state index is 13.3. The minimum absolute atomic E-state index is 0.0734. The molecule has 1 saturated heterocycles. The second-order valence-electron chi connectivity index (χ2n) is 14.0. The number of hydrogen-bond donors (Lipinski definition) is 12. The van der Waals surface area contributed by atoms with Crippen molar-refractivity contribution < 1.29 is 60.7 Å². The highest BCUT2D eigenvalue weighted by molar-refractivity contribution is 5.88. The number of aliphatic hydroxyl groups is 10. The number of hydrogen-bond acceptors (Lipinski definition) is 14. The summed E-state index contributed by atoms with van der Waals surface area (Å²) in [5.74, 6) is -0.579. The lowest BCUT2D eigenvalue weighted by molar-refractivity contribution is -0.138. The zero-order valence-electron chi connectivity index (χ0n) is 30.7. The van der Waals surface area contributed by atoms with Crippen molar-refractivity contribution in [3.63, 3.8) is 0 Å². The number of carbonyl (C=O) groups is 2. The highest BCUT2D eigenvalue weighted by Gasteiger charge is 2.36. The molecule has 16 nitrogen and oxygen atoms in total. The predicted molar refractivity (Wildman–Crippen MR) is 199 cm³/mol. The van der Waals surface area contributed by atoms with Crippen LogP contribution in [-0.4, -0.2) is 180 Å². The number of nitrogens with two attached hydrogens (primary N) is 1. The number of aliphatic hydroxyl groups excluding tert-OH is 10. The van der Waals surface area contributed by atoms with Gasteiger partial charge in [-0.25, -0.2) is 0 Å². The van der Waals surface area contributed by atoms with Crippen molar-refractivity contribution in [2.75, 3.05) is 52.5 Å². The van der Waals surface area contributed by atoms with E-state index in [2.05, 4.69) is 29.6 Å². The Morgan fingerprint density at radius 3 is 1.69 bits per heavy atom. The van der Waals surface area contributed by atoms with Crippen molar-refractivity contribution in [2.24, 2.45) is 5.73 Å². The molecular weight excluding hydrogens is 704 g/mol. The molecule has 0 unspecified atom stereocenters. The van der Waals surface area contributed by atoms with Crippen LogP contribution in [0.15, 0.2) is 48.5 Å². The van der Waals surface area contributed by atoms with E-state index in [1.165, 1.54) is 10.5 Å². The Morgan fingerprint density at radius 1 is 0.722 bits per heavy atom. The van der Waals surface area contributed by atoms with Crippen LogP contribution in [0.3, 0.4) is 0 Å². The standard InChI is InChI=1S/C38H60N4O12/c39-16-2-1-4-24-6-11-26(12-7-24)27-13-8-25(9-14-27)10-15-33(49)42-18-3-5-28(42)38(54)40-17-19-41(20-29(45)34(50)36(52)31(47)22-43)21-30(46)35(51)37(53)32(48)23-44/h6-9,11-14,28-32,34-37,43-48,50-53H,1-5,10,15-23,39H2,(H,40,54)/t28-,29-,30-,31+,32+,34+,35+,36+,37+/m0/s1. The molecule has 1 heterocycles. The third-order valence-corrected chi connectivity index (χ3v) is 9.93. The second kappa shape index (κ2) is 23.1. The first-order valence-electron chi connectivity index (χ1n) is 18.6. The van der Waals surface area contributed by atoms with E-state index in [9.17, 15) is 50.4 Å². The summed E-state index contributed by atoms with van der Waals surface area (Å²) in [5.41, 5.74) is 10.0. The van der Waals surface area contributed by atoms with Crippen LogP contribution in [-0.2, 0) is 22.4 Å². The lowest BCUT2D eigenvalue weighted by Crippen LogP contribution is -2.54. The van der Waals surface area contributed by atoms with Gasteiger partial charge in [0, 0.05) is 39.1 Å². The highest BCUT2D eigenvalue weighted by Crippen LogP contribution is 2.23. The van der Waals surface area contributed by atoms with Gasteiger partial charge in [-0.3, -0.25) is 14.5 Å². The molecule has 0 saturated carbocycles. The van der Waals surface area contributed by atoms with Gasteiger partial charge in [0.2, 0.25) is 11.8 Å². The van der Waals surface area contributed by atoms with Gasteiger partial charge >= 0.3 is 0 Å². The Labute approximate surface area is 316 Å². The van der Waals surface area contributed by atoms with Crippen LogP contribution in [0.1, 0.15) is 43.2 Å². The van der Waals surface area contributed by atoms with E-state index in [0.717, 1.165) is 36.0 Å². The number of aryl methyl sites for hydroxylation is 2. The monoisotopic (exact) mass is 764 g/mol. The summed E-state index contributed by atoms with van der Waals surface area (Å²) in [7, 11) is 0. The Morgan fingerprint density at radius 2 is 1.20 bits per heavy atom. The van der Waals surface area contributed by atoms with Crippen molar-refractivity contribution in [2.45, 2.75) is 99.8 Å². The van der Waals surface area contributed by atoms with Gasteiger partial charge in [0.1, 0.15) is 42.7 Å². The van der Waals surface area contributed by atoms with E-state index in [4.69, 9.17) is 15.9 Å². The van der Waals surface area contributed by atoms with Gasteiger partial charge in [0.15, 0.2) is 0 Å². The van der Waals surface area contributed by atoms with Gasteiger partial charge in [-0.1, -0.05) is 48.5 Å². The number of benzene rings is 2. The topological polar surface area (TPSA) is 281 Å². The van der Waals surface area contributed by atoms with Crippen LogP contribution in [0.2, 0.25) is 0 Å². The quantitative estimate of drug-likeness (QED) is 0.0471. The lowest BCUT2D eigenvalue weighted by atomic mass is 9.99. The van der Waals surface area contributed by atoms with Gasteiger partial charge in [0.25, 0.3) is 0 Å². The molecule has 0 aliphatic carbocycles. The van der Waals surface area contributed by atoms with Crippen molar-refractivity contribution in [3.8, 4) is 11.1 Å². The van der Waals surface area contributed by atoms with Crippen LogP contribution < -0.4 is 11.1 Å². The fraction of sp³-hybridized carbons (Fsp3) is 0.632. The number of nitrogens with one attached hydrogen (secondary N) is 1. The molecule has 0 radical (unpaired) electrons. The summed E-state index contributed by atoms with van der Waals surface area (Å²) in [6.07, 6.45) is -9.85. The van der Waals surface area contributed by atoms with Gasteiger partial charge in [-0.2, -0.15) is 0 Å². The van der Waals surface area contributed by atoms with Crippen LogP contribution in [0.25, 0.3) is 11.1 Å². The molecular formula is C38H60N4O12. The Kier molecular flexibility index (Phi) is 19.4. The van der Waals surface area contributed by atoms with Crippen LogP contribution in [0.5, 0.6) is 0 Å². The molecule has 16 heteroatoms. The molecule has 1 aliphatic rings. The fourth-order valence-corrected chi connectivity index (χ4v) is 6.52. The largest absolute Gasteiger partial charge is 0.394 e. The molecule has 54 heavy (non-hydrogen) atoms. The minimum atomic E-state index is -1.93. The summed E-state index contributed by atoms with van der Waals surface area (Å²) in [6, 6.07) is 15.8. The van der Waals surface area contributed by atoms with Crippen LogP contribution >= 0.6 is 0 Å². The van der Waals surface area contributed by atoms with E-state index < -0.39 is 87.1 Å². The number of amides is 2. The third-order valence-electron chi connectivity index (χ3n) is 9.93. The Hall–Kier alpha value is -3.10. The minimum Gasteiger partial charge on any atom is -0.394 e. The summed E-state index contributed by atoms with van der Waals surface area (Å²) in [6.45, 7) is -1.77. The SMILES string of the molecule is NCCCCc1ccc(-c2ccc(CCC(=O)N3CCC[C@H]3C(=O)NCCN(C[C@H](O)[C@@H](O)[C@H](O)[C@H](O)CO)C[C@H](O)[C@@H](O)[C@H](O)[C@H](O)CO)cc2)cc1. The van der Waals surface area contributed by atoms with E-state index in [1.54, 1.807) is 4.90 Å². The normalized spacial score (nSPS) is 19.2. The maximum atomic E-state index is 13.3. The Balaban J connectivity index is 1.55. The van der Waals surface area contributed by atoms with E-state index >= 15 is 0 Å². The molecule has 9 atom stereocenters. The smallest absolute Gasteiger partial charge is 0.242 e. The molecule has 0 aromatic heterocycles. The van der Waals surface area contributed by atoms with E-state index in [1.807, 2.05) is 24.3 Å². The molecule has 2 aromatic rings. The fourth-order valence-electron chi connectivity index (χ4n) is 6.52. The third kappa shape index (κ3) is 13.6. The first-order chi connectivity index (χ1) is 25.8. The van der Waals surface area contributed by atoms with Crippen molar-refractivity contribution in [3.05, 3.63) is 59.7 Å².